The zero-order valence-electron chi connectivity index (χ0n) is 12.3. The minimum absolute atomic E-state index is 0.148. The topological polar surface area (TPSA) is 43.8 Å². The van der Waals surface area contributed by atoms with Crippen LogP contribution >= 0.6 is 0 Å². The average Bonchev–Trinajstić information content (AvgIpc) is 2.94. The predicted molar refractivity (Wildman–Crippen MR) is 79.7 cm³/mol. The van der Waals surface area contributed by atoms with Gasteiger partial charge in [-0.3, -0.25) is 14.6 Å². The molecule has 0 saturated carbocycles. The van der Waals surface area contributed by atoms with Crippen molar-refractivity contribution in [3.63, 3.8) is 0 Å². The third-order valence-corrected chi connectivity index (χ3v) is 4.29. The summed E-state index contributed by atoms with van der Waals surface area (Å²) in [6.45, 7) is 7.20. The summed E-state index contributed by atoms with van der Waals surface area (Å²) < 4.78 is 0. The number of nitrogens with zero attached hydrogens (tertiary/aromatic N) is 2. The molecule has 0 bridgehead atoms. The van der Waals surface area contributed by atoms with Gasteiger partial charge in [-0.1, -0.05) is 37.3 Å². The van der Waals surface area contributed by atoms with Crippen LogP contribution in [0.2, 0.25) is 0 Å². The lowest BCUT2D eigenvalue weighted by molar-refractivity contribution is -0.138. The van der Waals surface area contributed by atoms with Gasteiger partial charge in [-0.15, -0.1) is 0 Å². The number of hydrogen-bond acceptors (Lipinski definition) is 3. The quantitative estimate of drug-likeness (QED) is 0.865. The SMILES string of the molecule is CCN(CC(=O)O)[C@@H]1CCN([C@@H](C)c2ccccc2)C1. The molecular weight excluding hydrogens is 252 g/mol. The van der Waals surface area contributed by atoms with Gasteiger partial charge in [0, 0.05) is 25.2 Å². The molecule has 1 heterocycles. The van der Waals surface area contributed by atoms with Crippen molar-refractivity contribution in [2.75, 3.05) is 26.2 Å². The van der Waals surface area contributed by atoms with Crippen LogP contribution in [0.15, 0.2) is 30.3 Å². The Morgan fingerprint density at radius 3 is 2.75 bits per heavy atom. The average molecular weight is 276 g/mol. The van der Waals surface area contributed by atoms with E-state index in [1.807, 2.05) is 13.0 Å². The number of carbonyl (C=O) groups is 1. The number of benzene rings is 1. The first-order chi connectivity index (χ1) is 9.61. The van der Waals surface area contributed by atoms with Gasteiger partial charge in [0.25, 0.3) is 0 Å². The Bertz CT molecular complexity index is 435. The third kappa shape index (κ3) is 3.58. The molecule has 0 amide bonds. The second-order valence-electron chi connectivity index (χ2n) is 5.48. The fourth-order valence-corrected chi connectivity index (χ4v) is 3.03. The molecular formula is C16H24N2O2. The highest BCUT2D eigenvalue weighted by Crippen LogP contribution is 2.26. The number of aliphatic carboxylic acids is 1. The minimum Gasteiger partial charge on any atom is -0.480 e. The Labute approximate surface area is 121 Å². The number of likely N-dealkylation sites (N-methyl/N-ethyl adjacent to an activating group) is 1. The third-order valence-electron chi connectivity index (χ3n) is 4.29. The molecule has 110 valence electrons. The second-order valence-corrected chi connectivity index (χ2v) is 5.48. The number of carboxylic acid groups (broad SMARTS) is 1. The molecule has 2 rings (SSSR count). The van der Waals surface area contributed by atoms with Crippen molar-refractivity contribution in [2.45, 2.75) is 32.4 Å². The molecule has 1 aliphatic rings. The Balaban J connectivity index is 1.96. The van der Waals surface area contributed by atoms with E-state index in [1.54, 1.807) is 0 Å². The van der Waals surface area contributed by atoms with Crippen molar-refractivity contribution < 1.29 is 9.90 Å². The summed E-state index contributed by atoms with van der Waals surface area (Å²) in [6.07, 6.45) is 1.05. The first kappa shape index (κ1) is 15.0. The Kier molecular flexibility index (Phi) is 5.15. The van der Waals surface area contributed by atoms with Gasteiger partial charge in [-0.2, -0.15) is 0 Å². The van der Waals surface area contributed by atoms with Crippen LogP contribution in [0.25, 0.3) is 0 Å². The van der Waals surface area contributed by atoms with Gasteiger partial charge in [-0.05, 0) is 25.5 Å². The Morgan fingerprint density at radius 2 is 2.15 bits per heavy atom. The molecule has 0 aliphatic carbocycles. The standard InChI is InChI=1S/C16H24N2O2/c1-3-17(12-16(19)20)15-9-10-18(11-15)13(2)14-7-5-4-6-8-14/h4-8,13,15H,3,9-12H2,1-2H3,(H,19,20)/t13-,15+/m0/s1. The highest BCUT2D eigenvalue weighted by atomic mass is 16.4. The zero-order valence-corrected chi connectivity index (χ0v) is 12.3. The van der Waals surface area contributed by atoms with Crippen LogP contribution in [0.3, 0.4) is 0 Å². The predicted octanol–water partition coefficient (Wildman–Crippen LogP) is 2.23. The summed E-state index contributed by atoms with van der Waals surface area (Å²) in [5, 5.41) is 8.97. The van der Waals surface area contributed by atoms with E-state index in [0.29, 0.717) is 12.1 Å². The summed E-state index contributed by atoms with van der Waals surface area (Å²) in [5.41, 5.74) is 1.33. The fourth-order valence-electron chi connectivity index (χ4n) is 3.03. The molecule has 20 heavy (non-hydrogen) atoms. The molecule has 1 fully saturated rings. The monoisotopic (exact) mass is 276 g/mol. The Morgan fingerprint density at radius 1 is 1.45 bits per heavy atom. The van der Waals surface area contributed by atoms with E-state index in [0.717, 1.165) is 26.1 Å². The molecule has 1 saturated heterocycles. The van der Waals surface area contributed by atoms with E-state index < -0.39 is 5.97 Å². The van der Waals surface area contributed by atoms with Crippen molar-refractivity contribution in [3.05, 3.63) is 35.9 Å². The summed E-state index contributed by atoms with van der Waals surface area (Å²) in [7, 11) is 0. The van der Waals surface area contributed by atoms with Crippen LogP contribution in [0.5, 0.6) is 0 Å². The summed E-state index contributed by atoms with van der Waals surface area (Å²) in [4.78, 5) is 15.4. The van der Waals surface area contributed by atoms with E-state index in [2.05, 4.69) is 41.0 Å². The molecule has 0 spiro atoms. The maximum absolute atomic E-state index is 10.9. The van der Waals surface area contributed by atoms with Gasteiger partial charge in [0.1, 0.15) is 0 Å². The zero-order chi connectivity index (χ0) is 14.5. The van der Waals surface area contributed by atoms with Gasteiger partial charge in [0.2, 0.25) is 0 Å². The molecule has 1 aliphatic heterocycles. The van der Waals surface area contributed by atoms with Crippen LogP contribution in [0.4, 0.5) is 0 Å². The second kappa shape index (κ2) is 6.86. The lowest BCUT2D eigenvalue weighted by Crippen LogP contribution is -2.40. The van der Waals surface area contributed by atoms with E-state index in [9.17, 15) is 4.79 Å². The van der Waals surface area contributed by atoms with E-state index in [1.165, 1.54) is 5.56 Å². The number of likely N-dealkylation sites (tertiary alicyclic amines) is 1. The summed E-state index contributed by atoms with van der Waals surface area (Å²) in [5.74, 6) is -0.735. The molecule has 2 atom stereocenters. The number of hydrogen-bond donors (Lipinski definition) is 1. The normalized spacial score (nSPS) is 21.2. The van der Waals surface area contributed by atoms with Crippen LogP contribution in [-0.4, -0.2) is 53.1 Å². The molecule has 1 N–H and O–H groups in total. The van der Waals surface area contributed by atoms with Crippen molar-refractivity contribution in [1.29, 1.82) is 0 Å². The smallest absolute Gasteiger partial charge is 0.317 e. The van der Waals surface area contributed by atoms with Gasteiger partial charge < -0.3 is 5.11 Å². The molecule has 4 heteroatoms. The Hall–Kier alpha value is -1.39. The van der Waals surface area contributed by atoms with Crippen molar-refractivity contribution in [3.8, 4) is 0 Å². The lowest BCUT2D eigenvalue weighted by Gasteiger charge is -2.28. The fraction of sp³-hybridized carbons (Fsp3) is 0.562. The molecule has 0 unspecified atom stereocenters. The van der Waals surface area contributed by atoms with Gasteiger partial charge >= 0.3 is 5.97 Å². The van der Waals surface area contributed by atoms with Crippen molar-refractivity contribution in [1.82, 2.24) is 9.80 Å². The van der Waals surface area contributed by atoms with E-state index >= 15 is 0 Å². The van der Waals surface area contributed by atoms with E-state index in [-0.39, 0.29) is 6.54 Å². The van der Waals surface area contributed by atoms with Crippen molar-refractivity contribution in [2.24, 2.45) is 0 Å². The molecule has 1 aromatic carbocycles. The first-order valence-electron chi connectivity index (χ1n) is 7.36. The summed E-state index contributed by atoms with van der Waals surface area (Å²) >= 11 is 0. The molecule has 0 radical (unpaired) electrons. The highest BCUT2D eigenvalue weighted by molar-refractivity contribution is 5.69. The largest absolute Gasteiger partial charge is 0.480 e. The molecule has 1 aromatic rings. The van der Waals surface area contributed by atoms with Crippen molar-refractivity contribution >= 4 is 5.97 Å². The summed E-state index contributed by atoms with van der Waals surface area (Å²) in [6, 6.07) is 11.3. The molecule has 4 nitrogen and oxygen atoms in total. The van der Waals surface area contributed by atoms with Crippen LogP contribution in [0, 0.1) is 0 Å². The van der Waals surface area contributed by atoms with Gasteiger partial charge in [-0.25, -0.2) is 0 Å². The first-order valence-corrected chi connectivity index (χ1v) is 7.36. The van der Waals surface area contributed by atoms with Crippen LogP contribution in [0.1, 0.15) is 31.9 Å². The van der Waals surface area contributed by atoms with E-state index in [4.69, 9.17) is 5.11 Å². The van der Waals surface area contributed by atoms with Gasteiger partial charge in [0.15, 0.2) is 0 Å². The number of rotatable bonds is 6. The van der Waals surface area contributed by atoms with Crippen LogP contribution in [-0.2, 0) is 4.79 Å². The lowest BCUT2D eigenvalue weighted by atomic mass is 10.1. The van der Waals surface area contributed by atoms with Gasteiger partial charge in [0.05, 0.1) is 6.54 Å². The minimum atomic E-state index is -0.735. The molecule has 0 aromatic heterocycles. The maximum atomic E-state index is 10.9. The maximum Gasteiger partial charge on any atom is 0.317 e. The van der Waals surface area contributed by atoms with Crippen LogP contribution < -0.4 is 0 Å². The number of carboxylic acids is 1. The highest BCUT2D eigenvalue weighted by Gasteiger charge is 2.30.